The van der Waals surface area contributed by atoms with E-state index in [0.717, 1.165) is 48.6 Å². The van der Waals surface area contributed by atoms with Gasteiger partial charge in [0.05, 0.1) is 72.7 Å². The highest BCUT2D eigenvalue weighted by atomic mass is 35.5. The maximum atomic E-state index is 13.5. The van der Waals surface area contributed by atoms with Gasteiger partial charge in [0.25, 0.3) is 27.4 Å². The van der Waals surface area contributed by atoms with Crippen molar-refractivity contribution in [2.24, 2.45) is 17.6 Å². The van der Waals surface area contributed by atoms with Crippen LogP contribution in [0, 0.1) is 19.3 Å². The van der Waals surface area contributed by atoms with Crippen molar-refractivity contribution in [3.05, 3.63) is 187 Å². The highest BCUT2D eigenvalue weighted by Crippen LogP contribution is 2.38. The molecule has 12 rings (SSSR count). The van der Waals surface area contributed by atoms with Crippen molar-refractivity contribution >= 4 is 77.8 Å². The number of hydrogen-bond acceptors (Lipinski definition) is 22. The first-order valence-corrected chi connectivity index (χ1v) is 37.4. The molecule has 0 unspecified atom stereocenters. The Balaban J connectivity index is 0.000000162. The number of methoxy groups -OCH3 is 1. The molecule has 5 heterocycles. The van der Waals surface area contributed by atoms with Crippen molar-refractivity contribution in [1.29, 1.82) is 0 Å². The molecular weight excluding hydrogens is 1420 g/mol. The van der Waals surface area contributed by atoms with Gasteiger partial charge >= 0.3 is 18.0 Å². The van der Waals surface area contributed by atoms with Crippen LogP contribution < -0.4 is 34.5 Å². The van der Waals surface area contributed by atoms with Gasteiger partial charge in [-0.25, -0.2) is 40.4 Å². The Bertz CT molecular complexity index is 5030. The number of nitrogens with zero attached hydrogens (tertiary/aromatic N) is 6. The van der Waals surface area contributed by atoms with Gasteiger partial charge in [-0.1, -0.05) is 60.4 Å². The number of ketones is 1. The number of aryl methyl sites for hydroxylation is 4. The molecule has 6 aromatic carbocycles. The number of carbonyl (C=O) groups excluding carboxylic acids is 5. The van der Waals surface area contributed by atoms with E-state index in [9.17, 15) is 50.7 Å². The van der Waals surface area contributed by atoms with Crippen LogP contribution in [0.1, 0.15) is 132 Å². The first kappa shape index (κ1) is 78.5. The van der Waals surface area contributed by atoms with Crippen LogP contribution in [0.2, 0.25) is 5.02 Å². The van der Waals surface area contributed by atoms with Crippen molar-refractivity contribution in [3.63, 3.8) is 0 Å². The topological polar surface area (TPSA) is 346 Å². The van der Waals surface area contributed by atoms with E-state index in [1.165, 1.54) is 73.1 Å². The maximum absolute atomic E-state index is 13.5. The number of amides is 2. The monoisotopic (exact) mass is 1500 g/mol. The highest BCUT2D eigenvalue weighted by molar-refractivity contribution is 7.91. The Hall–Kier alpha value is -10.6. The molecule has 1 fully saturated rings. The summed E-state index contributed by atoms with van der Waals surface area (Å²) >= 11 is 5.91. The van der Waals surface area contributed by atoms with Gasteiger partial charge in [-0.2, -0.15) is 10.1 Å². The number of sulfone groups is 1. The van der Waals surface area contributed by atoms with E-state index in [-0.39, 0.29) is 67.7 Å². The fourth-order valence-electron chi connectivity index (χ4n) is 11.1. The largest absolute Gasteiger partial charge is 0.496 e. The quantitative estimate of drug-likeness (QED) is 0.0471. The molecule has 0 saturated heterocycles. The minimum atomic E-state index is -4.07. The summed E-state index contributed by atoms with van der Waals surface area (Å²) in [6.07, 6.45) is 5.79. The molecule has 1 saturated carbocycles. The molecule has 1 atom stereocenters. The van der Waals surface area contributed by atoms with Gasteiger partial charge in [0.1, 0.15) is 40.5 Å². The lowest BCUT2D eigenvalue weighted by Gasteiger charge is -2.19. The minimum absolute atomic E-state index is 0.0493. The summed E-state index contributed by atoms with van der Waals surface area (Å²) < 4.78 is 93.7. The fourth-order valence-corrected chi connectivity index (χ4v) is 13.2. The number of oxime groups is 1. The number of carbonyl (C=O) groups is 5. The number of rotatable bonds is 20. The Morgan fingerprint density at radius 3 is 2.03 bits per heavy atom. The van der Waals surface area contributed by atoms with Gasteiger partial charge in [0.15, 0.2) is 27.3 Å². The molecule has 2 aliphatic heterocycles. The second-order valence-electron chi connectivity index (χ2n) is 25.6. The Kier molecular flexibility index (Phi) is 25.3. The molecule has 27 nitrogen and oxygen atoms in total. The number of oxazole rings is 1. The average molecular weight is 1500 g/mol. The predicted molar refractivity (Wildman–Crippen MR) is 390 cm³/mol. The van der Waals surface area contributed by atoms with Crippen molar-refractivity contribution in [1.82, 2.24) is 34.2 Å². The predicted octanol–water partition coefficient (Wildman–Crippen LogP) is 11.2. The molecule has 3 N–H and O–H groups in total. The summed E-state index contributed by atoms with van der Waals surface area (Å²) in [5.41, 5.74) is 7.34. The molecule has 30 heteroatoms. The molecule has 0 radical (unpaired) electrons. The van der Waals surface area contributed by atoms with Gasteiger partial charge < -0.3 is 48.1 Å². The molecular formula is C75H83ClN8O19S2. The van der Waals surface area contributed by atoms with E-state index >= 15 is 0 Å². The van der Waals surface area contributed by atoms with Crippen molar-refractivity contribution in [3.8, 4) is 46.2 Å². The summed E-state index contributed by atoms with van der Waals surface area (Å²) in [6, 6.07) is 30.9. The summed E-state index contributed by atoms with van der Waals surface area (Å²) in [5, 5.41) is 21.1. The highest BCUT2D eigenvalue weighted by Gasteiger charge is 2.34. The zero-order chi connectivity index (χ0) is 76.2. The number of esters is 2. The van der Waals surface area contributed by atoms with E-state index in [1.807, 2.05) is 25.5 Å². The Morgan fingerprint density at radius 1 is 0.781 bits per heavy atom. The molecule has 105 heavy (non-hydrogen) atoms. The lowest BCUT2D eigenvalue weighted by Crippen LogP contribution is -2.31. The van der Waals surface area contributed by atoms with Gasteiger partial charge in [0.2, 0.25) is 11.8 Å². The van der Waals surface area contributed by atoms with Gasteiger partial charge in [-0.05, 0) is 181 Å². The van der Waals surface area contributed by atoms with E-state index in [1.54, 1.807) is 90.8 Å². The molecule has 3 aromatic heterocycles. The third-order valence-electron chi connectivity index (χ3n) is 16.7. The van der Waals surface area contributed by atoms with E-state index < -0.39 is 49.0 Å². The average Bonchev–Trinajstić information content (AvgIpc) is 1.58. The van der Waals surface area contributed by atoms with Crippen LogP contribution in [0.3, 0.4) is 0 Å². The minimum Gasteiger partial charge on any atom is -0.496 e. The van der Waals surface area contributed by atoms with Crippen LogP contribution in [0.25, 0.3) is 22.2 Å². The first-order chi connectivity index (χ1) is 49.8. The zero-order valence-corrected chi connectivity index (χ0v) is 62.5. The van der Waals surface area contributed by atoms with Crippen LogP contribution in [0.5, 0.6) is 35.1 Å². The number of nitrogens with one attached hydrogen (secondary N) is 2. The first-order valence-electron chi connectivity index (χ1n) is 33.7. The standard InChI is InChI=1S/C23H32N2O4.C18H16ClNO5.C18H18N2O5S.C16H17N3O5S/c1-7-16-13-15(3)14-17(8-2)18(16)19-20(26)24-9-11-28-12-10-25(24)21(19)29-22(27)23(4,5)6;1-3-22-17(21)11(2)23-13-5-7-14(8-6-13)24-18-20-15-9-4-12(19)10-16(15)25-18;1-25-16-5-3-2-4-15(16)18(22)20-26(23,24)14-10-6-12(7-11-14)17(21)19-13-8-9-13;1-9-10(15(20)11-8-17-19(2)16(11)21)4-5-13(25(3,22)23)14(9)12-6-7-24-18-12/h13-14H,7-12H2,1-6H3;4-11H,3H2,1-2H3;2-7,10-11,13H,8-9H2,1H3,(H,19,21)(H,20,22);4-5,8,21H,6-7H2,1-3H3/t;11-;;/m.1../s1. The number of para-hydroxylation sites is 1. The van der Waals surface area contributed by atoms with Crippen LogP contribution in [-0.2, 0) is 76.7 Å². The van der Waals surface area contributed by atoms with Crippen molar-refractivity contribution < 1.29 is 83.6 Å². The second-order valence-corrected chi connectivity index (χ2v) is 29.7. The SMILES string of the molecule is CCOC(=O)[C@@H](C)Oc1ccc(Oc2nc3ccc(Cl)cc3o2)cc1.CCc1cc(C)cc(CC)c1-c1c(OC(=O)C(C)(C)C)n2n(c1=O)CCOCC2.COc1ccccc1C(=O)NS(=O)(=O)c1ccc(C(=O)NC2CC2)cc1.Cc1c(C(=O)c2cnn(C)c2O)ccc(S(C)(=O)=O)c1C1=NOCC1. The third kappa shape index (κ3) is 19.2. The van der Waals surface area contributed by atoms with Crippen molar-refractivity contribution in [2.45, 2.75) is 129 Å². The van der Waals surface area contributed by atoms with Crippen LogP contribution in [0.15, 0.2) is 146 Å². The summed E-state index contributed by atoms with van der Waals surface area (Å²) in [4.78, 5) is 84.1. The van der Waals surface area contributed by atoms with E-state index in [0.29, 0.717) is 107 Å². The summed E-state index contributed by atoms with van der Waals surface area (Å²) in [6.45, 7) is 19.3. The number of fused-ring (bicyclic) bond motifs is 2. The molecule has 9 aromatic rings. The Labute approximate surface area is 612 Å². The molecule has 3 aliphatic rings. The number of hydrogen-bond donors (Lipinski definition) is 3. The van der Waals surface area contributed by atoms with Gasteiger partial charge in [0, 0.05) is 53.5 Å². The normalized spacial score (nSPS) is 13.6. The number of ether oxygens (including phenoxy) is 6. The number of aromatic hydroxyl groups is 1. The van der Waals surface area contributed by atoms with E-state index in [2.05, 4.69) is 53.5 Å². The molecule has 556 valence electrons. The van der Waals surface area contributed by atoms with Crippen LogP contribution in [0.4, 0.5) is 0 Å². The van der Waals surface area contributed by atoms with Gasteiger partial charge in [-0.15, -0.1) is 0 Å². The lowest BCUT2D eigenvalue weighted by molar-refractivity contribution is -0.150. The fraction of sp³-hybridized carbons (Fsp3) is 0.347. The summed E-state index contributed by atoms with van der Waals surface area (Å²) in [5.74, 6) is -0.830. The number of halogens is 1. The Morgan fingerprint density at radius 2 is 1.44 bits per heavy atom. The number of sulfonamides is 1. The van der Waals surface area contributed by atoms with Crippen LogP contribution in [-0.4, -0.2) is 133 Å². The third-order valence-corrected chi connectivity index (χ3v) is 19.4. The molecule has 2 amide bonds. The van der Waals surface area contributed by atoms with Gasteiger partial charge in [-0.3, -0.25) is 24.0 Å². The number of aromatic nitrogens is 5. The smallest absolute Gasteiger partial charge is 0.400 e. The zero-order valence-electron chi connectivity index (χ0n) is 60.2. The van der Waals surface area contributed by atoms with Crippen LogP contribution >= 0.6 is 11.6 Å². The number of benzene rings is 6. The molecule has 0 spiro atoms. The second kappa shape index (κ2) is 33.9. The molecule has 0 bridgehead atoms. The molecule has 1 aliphatic carbocycles. The van der Waals surface area contributed by atoms with Crippen molar-refractivity contribution in [2.75, 3.05) is 39.8 Å². The lowest BCUT2D eigenvalue weighted by atomic mass is 9.91. The summed E-state index contributed by atoms with van der Waals surface area (Å²) in [7, 11) is -4.68. The van der Waals surface area contributed by atoms with E-state index in [4.69, 9.17) is 49.3 Å². The maximum Gasteiger partial charge on any atom is 0.400 e.